The molecule has 2 fully saturated rings. The average molecular weight is 611 g/mol. The summed E-state index contributed by atoms with van der Waals surface area (Å²) in [6.07, 6.45) is -4.70. The topological polar surface area (TPSA) is 183 Å². The van der Waals surface area contributed by atoms with Crippen LogP contribution in [-0.4, -0.2) is 86.7 Å². The van der Waals surface area contributed by atoms with Crippen LogP contribution in [0.4, 0.5) is 0 Å². The fraction of sp³-hybridized carbons (Fsp3) is 0.774. The quantitative estimate of drug-likeness (QED) is 0.217. The normalized spacial score (nSPS) is 42.3. The summed E-state index contributed by atoms with van der Waals surface area (Å²) in [6.45, 7) is 11.5. The number of Topliss-reactive ketones (excluding diaryl/α,β-unsaturated/α-hetero) is 1. The van der Waals surface area contributed by atoms with Crippen LogP contribution in [0.5, 0.6) is 0 Å². The van der Waals surface area contributed by atoms with Gasteiger partial charge < -0.3 is 39.1 Å². The van der Waals surface area contributed by atoms with Gasteiger partial charge in [-0.2, -0.15) is 0 Å². The second-order valence-corrected chi connectivity index (χ2v) is 12.9. The summed E-state index contributed by atoms with van der Waals surface area (Å²) in [5, 5.41) is 35.5. The largest absolute Gasteiger partial charge is 0.462 e. The third kappa shape index (κ3) is 6.23. The number of ether oxygens (including phenoxy) is 4. The smallest absolute Gasteiger partial charge is 0.341 e. The van der Waals surface area contributed by atoms with Crippen LogP contribution in [0, 0.1) is 23.2 Å². The maximum absolute atomic E-state index is 13.1. The zero-order valence-corrected chi connectivity index (χ0v) is 26.2. The summed E-state index contributed by atoms with van der Waals surface area (Å²) in [6, 6.07) is 0. The summed E-state index contributed by atoms with van der Waals surface area (Å²) in [7, 11) is 0. The van der Waals surface area contributed by atoms with Crippen molar-refractivity contribution < 1.29 is 58.2 Å². The molecule has 1 saturated carbocycles. The molecule has 0 bridgehead atoms. The minimum absolute atomic E-state index is 0.0386. The van der Waals surface area contributed by atoms with Crippen LogP contribution >= 0.6 is 0 Å². The van der Waals surface area contributed by atoms with E-state index >= 15 is 0 Å². The lowest BCUT2D eigenvalue weighted by molar-refractivity contribution is -0.254. The molecule has 0 aromatic rings. The first-order valence-electron chi connectivity index (χ1n) is 14.9. The van der Waals surface area contributed by atoms with E-state index < -0.39 is 94.6 Å². The van der Waals surface area contributed by atoms with Crippen LogP contribution < -0.4 is 0 Å². The molecule has 11 atom stereocenters. The predicted octanol–water partition coefficient (Wildman–Crippen LogP) is 1.94. The van der Waals surface area contributed by atoms with E-state index in [2.05, 4.69) is 0 Å². The fourth-order valence-electron chi connectivity index (χ4n) is 7.68. The van der Waals surface area contributed by atoms with Gasteiger partial charge in [-0.15, -0.1) is 0 Å². The van der Waals surface area contributed by atoms with Crippen molar-refractivity contribution in [1.29, 1.82) is 0 Å². The van der Waals surface area contributed by atoms with Crippen molar-refractivity contribution in [2.45, 2.75) is 129 Å². The SMILES string of the molecule is CCCC(=O)O[C@H]1C/C(C)=C\[C@@H]2OC(=O)[C@](C)(O)[C@]2(O)[C@H](CC(C)=O)[C@H]2[C@@H](C)[C@@H](O)C[C@H](OC(C)=O)[C@]2(C)[C@H]1OC(C)=O. The summed E-state index contributed by atoms with van der Waals surface area (Å²) < 4.78 is 23.2. The number of hydrogen-bond acceptors (Lipinski definition) is 12. The predicted molar refractivity (Wildman–Crippen MR) is 150 cm³/mol. The number of aliphatic hydroxyl groups is 3. The number of rotatable bonds is 7. The molecule has 0 radical (unpaired) electrons. The van der Waals surface area contributed by atoms with Gasteiger partial charge in [-0.05, 0) is 45.1 Å². The van der Waals surface area contributed by atoms with E-state index in [4.69, 9.17) is 18.9 Å². The van der Waals surface area contributed by atoms with E-state index in [0.29, 0.717) is 12.0 Å². The number of aliphatic hydroxyl groups excluding tert-OH is 1. The Hall–Kier alpha value is -2.83. The lowest BCUT2D eigenvalue weighted by Crippen LogP contribution is -2.70. The van der Waals surface area contributed by atoms with Crippen LogP contribution in [0.1, 0.15) is 87.5 Å². The first-order chi connectivity index (χ1) is 19.8. The molecule has 3 aliphatic rings. The van der Waals surface area contributed by atoms with Gasteiger partial charge in [0.1, 0.15) is 29.7 Å². The van der Waals surface area contributed by atoms with Gasteiger partial charge in [0, 0.05) is 50.9 Å². The third-order valence-corrected chi connectivity index (χ3v) is 9.64. The lowest BCUT2D eigenvalue weighted by atomic mass is 9.48. The molecule has 0 spiro atoms. The zero-order valence-electron chi connectivity index (χ0n) is 26.2. The van der Waals surface area contributed by atoms with Crippen LogP contribution in [0.15, 0.2) is 11.6 Å². The standard InChI is InChI=1S/C31H46O12/c1-9-10-25(36)42-22-11-15(2)12-24-31(39,30(8,38)28(37)43-24)20(13-16(3)32)26-17(4)21(35)14-23(40-18(5)33)29(26,7)27(22)41-19(6)34/h12,17,20-24,26-27,35,38-39H,9-11,13-14H2,1-8H3/b15-12-/t17-,20+,21-,22-,23-,24-,26+,27-,29-,30-,31-/m0/s1. The molecule has 242 valence electrons. The minimum atomic E-state index is -2.50. The lowest BCUT2D eigenvalue weighted by Gasteiger charge is -2.59. The second-order valence-electron chi connectivity index (χ2n) is 12.9. The van der Waals surface area contributed by atoms with Crippen LogP contribution in [-0.2, 0) is 42.9 Å². The van der Waals surface area contributed by atoms with Crippen molar-refractivity contribution in [2.75, 3.05) is 0 Å². The Kier molecular flexibility index (Phi) is 10.2. The van der Waals surface area contributed by atoms with Gasteiger partial charge in [-0.3, -0.25) is 14.4 Å². The number of esters is 4. The third-order valence-electron chi connectivity index (χ3n) is 9.64. The average Bonchev–Trinajstić information content (AvgIpc) is 3.03. The first kappa shape index (κ1) is 34.7. The first-order valence-corrected chi connectivity index (χ1v) is 14.9. The van der Waals surface area contributed by atoms with Crippen LogP contribution in [0.25, 0.3) is 0 Å². The van der Waals surface area contributed by atoms with Gasteiger partial charge in [0.2, 0.25) is 0 Å². The van der Waals surface area contributed by atoms with Crippen molar-refractivity contribution in [3.05, 3.63) is 11.6 Å². The highest BCUT2D eigenvalue weighted by molar-refractivity contribution is 5.85. The number of fused-ring (bicyclic) bond motifs is 2. The molecule has 0 amide bonds. The van der Waals surface area contributed by atoms with Gasteiger partial charge in [0.05, 0.1) is 6.10 Å². The monoisotopic (exact) mass is 610 g/mol. The Morgan fingerprint density at radius 2 is 1.65 bits per heavy atom. The summed E-state index contributed by atoms with van der Waals surface area (Å²) >= 11 is 0. The fourth-order valence-corrected chi connectivity index (χ4v) is 7.68. The van der Waals surface area contributed by atoms with Crippen molar-refractivity contribution in [3.63, 3.8) is 0 Å². The van der Waals surface area contributed by atoms with Crippen molar-refractivity contribution in [1.82, 2.24) is 0 Å². The van der Waals surface area contributed by atoms with Crippen molar-refractivity contribution in [3.8, 4) is 0 Å². The van der Waals surface area contributed by atoms with E-state index in [1.54, 1.807) is 27.7 Å². The molecule has 12 nitrogen and oxygen atoms in total. The zero-order chi connectivity index (χ0) is 32.7. The van der Waals surface area contributed by atoms with Crippen LogP contribution in [0.3, 0.4) is 0 Å². The highest BCUT2D eigenvalue weighted by Crippen LogP contribution is 2.59. The molecule has 1 aliphatic heterocycles. The van der Waals surface area contributed by atoms with E-state index in [0.717, 1.165) is 6.92 Å². The molecule has 0 unspecified atom stereocenters. The Labute approximate surface area is 252 Å². The summed E-state index contributed by atoms with van der Waals surface area (Å²) in [4.78, 5) is 64.0. The van der Waals surface area contributed by atoms with E-state index in [1.165, 1.54) is 26.8 Å². The Bertz CT molecular complexity index is 1160. The second kappa shape index (κ2) is 12.6. The molecule has 43 heavy (non-hydrogen) atoms. The molecule has 3 N–H and O–H groups in total. The van der Waals surface area contributed by atoms with Crippen molar-refractivity contribution in [2.24, 2.45) is 23.2 Å². The molecule has 12 heteroatoms. The molecule has 3 rings (SSSR count). The van der Waals surface area contributed by atoms with Crippen LogP contribution in [0.2, 0.25) is 0 Å². The Morgan fingerprint density at radius 1 is 1.05 bits per heavy atom. The van der Waals surface area contributed by atoms with E-state index in [9.17, 15) is 39.3 Å². The molecule has 2 aliphatic carbocycles. The molecular formula is C31H46O12. The number of ketones is 1. The van der Waals surface area contributed by atoms with Crippen molar-refractivity contribution >= 4 is 29.7 Å². The molecule has 1 saturated heterocycles. The number of carbonyl (C=O) groups is 5. The maximum atomic E-state index is 13.1. The summed E-state index contributed by atoms with van der Waals surface area (Å²) in [5.41, 5.74) is -5.98. The van der Waals surface area contributed by atoms with Gasteiger partial charge in [-0.1, -0.05) is 26.3 Å². The van der Waals surface area contributed by atoms with Gasteiger partial charge in [0.15, 0.2) is 11.7 Å². The maximum Gasteiger partial charge on any atom is 0.341 e. The summed E-state index contributed by atoms with van der Waals surface area (Å²) in [5.74, 6) is -6.65. The molecular weight excluding hydrogens is 564 g/mol. The number of carbonyl (C=O) groups excluding carboxylic acids is 5. The van der Waals surface area contributed by atoms with E-state index in [-0.39, 0.29) is 25.7 Å². The highest BCUT2D eigenvalue weighted by Gasteiger charge is 2.73. The Morgan fingerprint density at radius 3 is 2.19 bits per heavy atom. The highest BCUT2D eigenvalue weighted by atomic mass is 16.6. The van der Waals surface area contributed by atoms with E-state index in [1.807, 2.05) is 0 Å². The molecule has 0 aromatic carbocycles. The van der Waals surface area contributed by atoms with Gasteiger partial charge >= 0.3 is 23.9 Å². The molecule has 0 aromatic heterocycles. The Balaban J connectivity index is 2.48. The van der Waals surface area contributed by atoms with Gasteiger partial charge in [0.25, 0.3) is 0 Å². The molecule has 1 heterocycles. The minimum Gasteiger partial charge on any atom is -0.462 e. The number of hydrogen-bond donors (Lipinski definition) is 3. The van der Waals surface area contributed by atoms with Gasteiger partial charge in [-0.25, -0.2) is 4.79 Å².